The molecule has 0 aliphatic heterocycles. The van der Waals surface area contributed by atoms with Gasteiger partial charge in [0.2, 0.25) is 5.82 Å². The van der Waals surface area contributed by atoms with Gasteiger partial charge >= 0.3 is 5.88 Å². The number of aliphatic hydroxyl groups excluding tert-OH is 2. The number of rotatable bonds is 9. The number of allylic oxidation sites excluding steroid dienone is 1. The molecule has 3 aromatic heterocycles. The molecular weight excluding hydrogens is 358 g/mol. The highest BCUT2D eigenvalue weighted by atomic mass is 16.6. The van der Waals surface area contributed by atoms with Gasteiger partial charge in [-0.05, 0) is 6.07 Å². The fourth-order valence-electron chi connectivity index (χ4n) is 2.62. The van der Waals surface area contributed by atoms with Crippen molar-refractivity contribution < 1.29 is 24.1 Å². The van der Waals surface area contributed by atoms with Crippen molar-refractivity contribution in [2.75, 3.05) is 31.2 Å². The van der Waals surface area contributed by atoms with Gasteiger partial charge in [-0.1, -0.05) is 11.2 Å². The molecule has 0 unspecified atom stereocenters. The van der Waals surface area contributed by atoms with Crippen LogP contribution < -0.4 is 4.90 Å². The molecule has 11 nitrogen and oxygen atoms in total. The van der Waals surface area contributed by atoms with Crippen molar-refractivity contribution in [3.63, 3.8) is 0 Å². The molecule has 142 valence electrons. The summed E-state index contributed by atoms with van der Waals surface area (Å²) in [7, 11) is 0. The highest BCUT2D eigenvalue weighted by Gasteiger charge is 2.23. The first-order valence-corrected chi connectivity index (χ1v) is 8.07. The maximum absolute atomic E-state index is 10.8. The molecule has 0 amide bonds. The number of nitrogens with zero attached hydrogens (tertiary/aromatic N) is 5. The Hall–Kier alpha value is -3.31. The molecule has 0 fully saturated rings. The number of hydrogen-bond acceptors (Lipinski definition) is 10. The maximum Gasteiger partial charge on any atom is 0.433 e. The first-order chi connectivity index (χ1) is 13.1. The van der Waals surface area contributed by atoms with Crippen LogP contribution in [0, 0.1) is 10.1 Å². The minimum atomic E-state index is -0.663. The van der Waals surface area contributed by atoms with E-state index in [-0.39, 0.29) is 43.6 Å². The first-order valence-electron chi connectivity index (χ1n) is 8.07. The number of anilines is 1. The van der Waals surface area contributed by atoms with Gasteiger partial charge < -0.3 is 24.1 Å². The largest absolute Gasteiger partial charge is 0.433 e. The van der Waals surface area contributed by atoms with Gasteiger partial charge in [-0.15, -0.1) is 6.58 Å². The quantitative estimate of drug-likeness (QED) is 0.318. The second-order valence-electron chi connectivity index (χ2n) is 5.50. The Morgan fingerprint density at radius 1 is 1.26 bits per heavy atom. The Labute approximate surface area is 152 Å². The summed E-state index contributed by atoms with van der Waals surface area (Å²) < 4.78 is 10.5. The van der Waals surface area contributed by atoms with Crippen LogP contribution in [0.2, 0.25) is 0 Å². The van der Waals surface area contributed by atoms with Crippen molar-refractivity contribution in [2.45, 2.75) is 6.42 Å². The van der Waals surface area contributed by atoms with Gasteiger partial charge in [0.05, 0.1) is 19.3 Å². The second-order valence-corrected chi connectivity index (χ2v) is 5.50. The lowest BCUT2D eigenvalue weighted by Gasteiger charge is -2.22. The highest BCUT2D eigenvalue weighted by molar-refractivity contribution is 5.89. The number of furan rings is 1. The standard InChI is InChI=1S/C16H17N5O6/c1-2-3-10-13-15(20(6-8-22)7-9-23)17-14(18-16(13)27-19-10)11-4-5-12(26-11)21(24)25/h2,4-5,22-23H,1,3,6-9H2. The van der Waals surface area contributed by atoms with Crippen molar-refractivity contribution in [1.82, 2.24) is 15.1 Å². The molecule has 0 radical (unpaired) electrons. The van der Waals surface area contributed by atoms with Gasteiger partial charge in [0, 0.05) is 19.5 Å². The average Bonchev–Trinajstić information content (AvgIpc) is 3.29. The van der Waals surface area contributed by atoms with Crippen molar-refractivity contribution >= 4 is 22.8 Å². The summed E-state index contributed by atoms with van der Waals surface area (Å²) in [5.74, 6) is 0.0743. The van der Waals surface area contributed by atoms with E-state index >= 15 is 0 Å². The van der Waals surface area contributed by atoms with Gasteiger partial charge in [-0.3, -0.25) is 10.1 Å². The minimum Gasteiger partial charge on any atom is -0.397 e. The smallest absolute Gasteiger partial charge is 0.397 e. The Morgan fingerprint density at radius 3 is 2.59 bits per heavy atom. The maximum atomic E-state index is 10.8. The van der Waals surface area contributed by atoms with Crippen LogP contribution in [0.25, 0.3) is 22.7 Å². The summed E-state index contributed by atoms with van der Waals surface area (Å²) in [6, 6.07) is 2.58. The lowest BCUT2D eigenvalue weighted by molar-refractivity contribution is -0.401. The highest BCUT2D eigenvalue weighted by Crippen LogP contribution is 2.32. The first kappa shape index (κ1) is 18.5. The molecule has 0 aliphatic carbocycles. The molecule has 3 aromatic rings. The Balaban J connectivity index is 2.19. The van der Waals surface area contributed by atoms with E-state index in [4.69, 9.17) is 8.94 Å². The topological polar surface area (TPSA) is 152 Å². The van der Waals surface area contributed by atoms with Gasteiger partial charge in [-0.2, -0.15) is 4.98 Å². The van der Waals surface area contributed by atoms with Gasteiger partial charge in [0.25, 0.3) is 5.71 Å². The molecule has 0 saturated heterocycles. The van der Waals surface area contributed by atoms with E-state index in [1.807, 2.05) is 0 Å². The predicted molar refractivity (Wildman–Crippen MR) is 94.2 cm³/mol. The van der Waals surface area contributed by atoms with Crippen LogP contribution >= 0.6 is 0 Å². The monoisotopic (exact) mass is 375 g/mol. The van der Waals surface area contributed by atoms with E-state index in [2.05, 4.69) is 21.7 Å². The minimum absolute atomic E-state index is 0.0628. The average molecular weight is 375 g/mol. The van der Waals surface area contributed by atoms with Crippen molar-refractivity contribution in [3.05, 3.63) is 40.6 Å². The Morgan fingerprint density at radius 2 is 2.00 bits per heavy atom. The second kappa shape index (κ2) is 7.93. The van der Waals surface area contributed by atoms with Gasteiger partial charge in [-0.25, -0.2) is 4.98 Å². The lowest BCUT2D eigenvalue weighted by atomic mass is 10.2. The molecule has 11 heteroatoms. The SMILES string of the molecule is C=CCc1noc2nc(-c3ccc([N+](=O)[O-])o3)nc(N(CCO)CCO)c12. The molecule has 0 aliphatic rings. The summed E-state index contributed by atoms with van der Waals surface area (Å²) >= 11 is 0. The molecular formula is C16H17N5O6. The molecule has 0 bridgehead atoms. The molecule has 0 atom stereocenters. The summed E-state index contributed by atoms with van der Waals surface area (Å²) in [6.45, 7) is 3.73. The molecule has 0 saturated carbocycles. The Bertz CT molecular complexity index is 960. The molecule has 0 aromatic carbocycles. The molecule has 3 heterocycles. The van der Waals surface area contributed by atoms with Crippen LogP contribution in [0.15, 0.2) is 33.7 Å². The summed E-state index contributed by atoms with van der Waals surface area (Å²) in [4.78, 5) is 20.5. The predicted octanol–water partition coefficient (Wildman–Crippen LogP) is 1.31. The van der Waals surface area contributed by atoms with Crippen molar-refractivity contribution in [1.29, 1.82) is 0 Å². The van der Waals surface area contributed by atoms with E-state index in [0.717, 1.165) is 0 Å². The zero-order chi connectivity index (χ0) is 19.4. The summed E-state index contributed by atoms with van der Waals surface area (Å²) in [5.41, 5.74) is 0.708. The number of fused-ring (bicyclic) bond motifs is 1. The number of nitro groups is 1. The molecule has 3 rings (SSSR count). The van der Waals surface area contributed by atoms with Gasteiger partial charge in [0.15, 0.2) is 5.76 Å². The third-order valence-electron chi connectivity index (χ3n) is 3.76. The number of aromatic nitrogens is 3. The van der Waals surface area contributed by atoms with E-state index in [9.17, 15) is 20.3 Å². The fourth-order valence-corrected chi connectivity index (χ4v) is 2.62. The third-order valence-corrected chi connectivity index (χ3v) is 3.76. The Kier molecular flexibility index (Phi) is 5.43. The number of hydrogen-bond donors (Lipinski definition) is 2. The van der Waals surface area contributed by atoms with Crippen LogP contribution in [0.1, 0.15) is 5.69 Å². The molecule has 2 N–H and O–H groups in total. The third kappa shape index (κ3) is 3.64. The van der Waals surface area contributed by atoms with E-state index in [1.165, 1.54) is 12.1 Å². The van der Waals surface area contributed by atoms with E-state index in [1.54, 1.807) is 11.0 Å². The van der Waals surface area contributed by atoms with E-state index < -0.39 is 10.8 Å². The molecule has 0 spiro atoms. The normalized spacial score (nSPS) is 11.0. The summed E-state index contributed by atoms with van der Waals surface area (Å²) in [6.07, 6.45) is 2.05. The van der Waals surface area contributed by atoms with Crippen LogP contribution in [-0.4, -0.2) is 56.6 Å². The zero-order valence-corrected chi connectivity index (χ0v) is 14.2. The van der Waals surface area contributed by atoms with Crippen molar-refractivity contribution in [2.24, 2.45) is 0 Å². The molecule has 27 heavy (non-hydrogen) atoms. The van der Waals surface area contributed by atoms with Crippen LogP contribution in [0.3, 0.4) is 0 Å². The fraction of sp³-hybridized carbons (Fsp3) is 0.312. The van der Waals surface area contributed by atoms with Gasteiger partial charge in [0.1, 0.15) is 21.8 Å². The number of aliphatic hydroxyl groups is 2. The van der Waals surface area contributed by atoms with E-state index in [0.29, 0.717) is 23.3 Å². The zero-order valence-electron chi connectivity index (χ0n) is 14.2. The lowest BCUT2D eigenvalue weighted by Crippen LogP contribution is -2.31. The summed E-state index contributed by atoms with van der Waals surface area (Å²) in [5, 5.41) is 34.1. The van der Waals surface area contributed by atoms with Crippen LogP contribution in [0.5, 0.6) is 0 Å². The van der Waals surface area contributed by atoms with Crippen LogP contribution in [-0.2, 0) is 6.42 Å². The van der Waals surface area contributed by atoms with Crippen molar-refractivity contribution in [3.8, 4) is 11.6 Å². The van der Waals surface area contributed by atoms with Crippen LogP contribution in [0.4, 0.5) is 11.7 Å².